The number of likely N-dealkylation sites (N-methyl/N-ethyl adjacent to an activating group) is 1. The number of nitrogens with one attached hydrogen (secondary N) is 1. The molecule has 7 heteroatoms. The topological polar surface area (TPSA) is 83.6 Å². The van der Waals surface area contributed by atoms with Crippen molar-refractivity contribution >= 4 is 27.3 Å². The molecule has 0 bridgehead atoms. The predicted octanol–water partition coefficient (Wildman–Crippen LogP) is 0.827. The monoisotopic (exact) mass is 324 g/mol. The van der Waals surface area contributed by atoms with E-state index in [-0.39, 0.29) is 29.9 Å². The molecule has 0 aromatic heterocycles. The lowest BCUT2D eigenvalue weighted by Crippen LogP contribution is -2.39. The van der Waals surface area contributed by atoms with Crippen molar-refractivity contribution in [2.75, 3.05) is 30.4 Å². The van der Waals surface area contributed by atoms with E-state index in [9.17, 15) is 18.0 Å². The number of benzene rings is 1. The molecule has 6 nitrogen and oxygen atoms in total. The van der Waals surface area contributed by atoms with E-state index in [1.807, 2.05) is 19.1 Å². The molecule has 1 heterocycles. The minimum absolute atomic E-state index is 0.0484. The summed E-state index contributed by atoms with van der Waals surface area (Å²) >= 11 is 0. The molecular weight excluding hydrogens is 304 g/mol. The highest BCUT2D eigenvalue weighted by Crippen LogP contribution is 2.20. The zero-order valence-electron chi connectivity index (χ0n) is 12.7. The second kappa shape index (κ2) is 6.48. The molecular formula is C15H20N2O4S. The van der Waals surface area contributed by atoms with Crippen LogP contribution in [0.1, 0.15) is 12.0 Å². The van der Waals surface area contributed by atoms with Crippen LogP contribution in [0, 0.1) is 12.8 Å². The van der Waals surface area contributed by atoms with Crippen LogP contribution in [0.2, 0.25) is 0 Å². The Labute approximate surface area is 130 Å². The average Bonchev–Trinajstić information content (AvgIpc) is 2.80. The van der Waals surface area contributed by atoms with Crippen molar-refractivity contribution < 1.29 is 18.0 Å². The van der Waals surface area contributed by atoms with Gasteiger partial charge in [-0.1, -0.05) is 17.7 Å². The SMILES string of the molecule is Cc1ccc(NC(=O)CN(C)C(=O)C2CCS(=O)(=O)C2)cc1. The number of carbonyl (C=O) groups excluding carboxylic acids is 2. The number of rotatable bonds is 4. The van der Waals surface area contributed by atoms with E-state index >= 15 is 0 Å². The van der Waals surface area contributed by atoms with E-state index in [1.165, 1.54) is 11.9 Å². The number of aryl methyl sites for hydroxylation is 1. The van der Waals surface area contributed by atoms with Crippen molar-refractivity contribution in [3.63, 3.8) is 0 Å². The Morgan fingerprint density at radius 3 is 2.45 bits per heavy atom. The van der Waals surface area contributed by atoms with Crippen molar-refractivity contribution in [1.82, 2.24) is 4.90 Å². The van der Waals surface area contributed by atoms with Crippen molar-refractivity contribution in [2.24, 2.45) is 5.92 Å². The molecule has 1 fully saturated rings. The van der Waals surface area contributed by atoms with Crippen LogP contribution in [0.15, 0.2) is 24.3 Å². The predicted molar refractivity (Wildman–Crippen MR) is 84.2 cm³/mol. The lowest BCUT2D eigenvalue weighted by atomic mass is 10.1. The fourth-order valence-electron chi connectivity index (χ4n) is 2.43. The van der Waals surface area contributed by atoms with Gasteiger partial charge in [-0.05, 0) is 25.5 Å². The van der Waals surface area contributed by atoms with Crippen LogP contribution in [-0.4, -0.2) is 50.2 Å². The summed E-state index contributed by atoms with van der Waals surface area (Å²) in [5.41, 5.74) is 1.76. The summed E-state index contributed by atoms with van der Waals surface area (Å²) in [6.07, 6.45) is 0.338. The van der Waals surface area contributed by atoms with Crippen molar-refractivity contribution in [3.05, 3.63) is 29.8 Å². The third-order valence-electron chi connectivity index (χ3n) is 3.67. The molecule has 0 aliphatic carbocycles. The summed E-state index contributed by atoms with van der Waals surface area (Å²) in [5.74, 6) is -1.19. The Morgan fingerprint density at radius 2 is 1.91 bits per heavy atom. The Balaban J connectivity index is 1.88. The van der Waals surface area contributed by atoms with Crippen LogP contribution >= 0.6 is 0 Å². The second-order valence-electron chi connectivity index (χ2n) is 5.71. The smallest absolute Gasteiger partial charge is 0.243 e. The molecule has 1 unspecified atom stereocenters. The summed E-state index contributed by atoms with van der Waals surface area (Å²) < 4.78 is 22.8. The molecule has 1 saturated heterocycles. The number of hydrogen-bond donors (Lipinski definition) is 1. The van der Waals surface area contributed by atoms with Gasteiger partial charge in [0.05, 0.1) is 24.0 Å². The zero-order valence-corrected chi connectivity index (χ0v) is 13.5. The normalized spacial score (nSPS) is 19.6. The van der Waals surface area contributed by atoms with Gasteiger partial charge in [-0.2, -0.15) is 0 Å². The van der Waals surface area contributed by atoms with Gasteiger partial charge in [0, 0.05) is 12.7 Å². The van der Waals surface area contributed by atoms with Crippen LogP contribution in [0.4, 0.5) is 5.69 Å². The number of hydrogen-bond acceptors (Lipinski definition) is 4. The fourth-order valence-corrected chi connectivity index (χ4v) is 4.16. The van der Waals surface area contributed by atoms with E-state index in [0.29, 0.717) is 12.1 Å². The fraction of sp³-hybridized carbons (Fsp3) is 0.467. The Kier molecular flexibility index (Phi) is 4.85. The third-order valence-corrected chi connectivity index (χ3v) is 5.44. The Bertz CT molecular complexity index is 667. The highest BCUT2D eigenvalue weighted by Gasteiger charge is 2.34. The largest absolute Gasteiger partial charge is 0.336 e. The summed E-state index contributed by atoms with van der Waals surface area (Å²) in [4.78, 5) is 25.4. The lowest BCUT2D eigenvalue weighted by Gasteiger charge is -2.19. The van der Waals surface area contributed by atoms with Crippen LogP contribution in [0.5, 0.6) is 0 Å². The van der Waals surface area contributed by atoms with E-state index in [2.05, 4.69) is 5.32 Å². The first kappa shape index (κ1) is 16.5. The molecule has 2 rings (SSSR count). The molecule has 1 atom stereocenters. The molecule has 0 saturated carbocycles. The summed E-state index contributed by atoms with van der Waals surface area (Å²) in [6, 6.07) is 7.35. The maximum atomic E-state index is 12.1. The minimum atomic E-state index is -3.10. The van der Waals surface area contributed by atoms with Gasteiger partial charge in [0.1, 0.15) is 0 Å². The van der Waals surface area contributed by atoms with Crippen molar-refractivity contribution in [2.45, 2.75) is 13.3 Å². The molecule has 22 heavy (non-hydrogen) atoms. The maximum Gasteiger partial charge on any atom is 0.243 e. The number of carbonyl (C=O) groups is 2. The van der Waals surface area contributed by atoms with Gasteiger partial charge < -0.3 is 10.2 Å². The lowest BCUT2D eigenvalue weighted by molar-refractivity contribution is -0.136. The van der Waals surface area contributed by atoms with Gasteiger partial charge in [0.25, 0.3) is 0 Å². The van der Waals surface area contributed by atoms with Gasteiger partial charge in [-0.3, -0.25) is 9.59 Å². The van der Waals surface area contributed by atoms with Gasteiger partial charge in [0.2, 0.25) is 11.8 Å². The van der Waals surface area contributed by atoms with Gasteiger partial charge >= 0.3 is 0 Å². The maximum absolute atomic E-state index is 12.1. The summed E-state index contributed by atoms with van der Waals surface area (Å²) in [5, 5.41) is 2.71. The number of nitrogens with zero attached hydrogens (tertiary/aromatic N) is 1. The first-order chi connectivity index (χ1) is 10.3. The first-order valence-corrected chi connectivity index (χ1v) is 8.91. The van der Waals surface area contributed by atoms with Gasteiger partial charge in [-0.25, -0.2) is 8.42 Å². The average molecular weight is 324 g/mol. The van der Waals surface area contributed by atoms with Gasteiger partial charge in [0.15, 0.2) is 9.84 Å². The van der Waals surface area contributed by atoms with E-state index in [0.717, 1.165) is 5.56 Å². The second-order valence-corrected chi connectivity index (χ2v) is 7.94. The van der Waals surface area contributed by atoms with Crippen LogP contribution in [0.25, 0.3) is 0 Å². The zero-order chi connectivity index (χ0) is 16.3. The highest BCUT2D eigenvalue weighted by molar-refractivity contribution is 7.91. The van der Waals surface area contributed by atoms with E-state index in [4.69, 9.17) is 0 Å². The molecule has 0 spiro atoms. The molecule has 1 aliphatic rings. The number of anilines is 1. The van der Waals surface area contributed by atoms with E-state index in [1.54, 1.807) is 12.1 Å². The minimum Gasteiger partial charge on any atom is -0.336 e. The van der Waals surface area contributed by atoms with Gasteiger partial charge in [-0.15, -0.1) is 0 Å². The highest BCUT2D eigenvalue weighted by atomic mass is 32.2. The summed E-state index contributed by atoms with van der Waals surface area (Å²) in [6.45, 7) is 1.86. The quantitative estimate of drug-likeness (QED) is 0.889. The third kappa shape index (κ3) is 4.30. The summed E-state index contributed by atoms with van der Waals surface area (Å²) in [7, 11) is -1.59. The number of sulfone groups is 1. The van der Waals surface area contributed by atoms with E-state index < -0.39 is 15.8 Å². The molecule has 1 N–H and O–H groups in total. The first-order valence-electron chi connectivity index (χ1n) is 7.09. The Morgan fingerprint density at radius 1 is 1.27 bits per heavy atom. The Hall–Kier alpha value is -1.89. The van der Waals surface area contributed by atoms with Crippen LogP contribution in [-0.2, 0) is 19.4 Å². The molecule has 0 radical (unpaired) electrons. The van der Waals surface area contributed by atoms with Crippen LogP contribution < -0.4 is 5.32 Å². The molecule has 120 valence electrons. The molecule has 2 amide bonds. The van der Waals surface area contributed by atoms with Crippen LogP contribution in [0.3, 0.4) is 0 Å². The van der Waals surface area contributed by atoms with Crippen molar-refractivity contribution in [1.29, 1.82) is 0 Å². The molecule has 1 aliphatic heterocycles. The molecule has 1 aromatic rings. The van der Waals surface area contributed by atoms with Crippen molar-refractivity contribution in [3.8, 4) is 0 Å². The standard InChI is InChI=1S/C15H20N2O4S/c1-11-3-5-13(6-4-11)16-14(18)9-17(2)15(19)12-7-8-22(20,21)10-12/h3-6,12H,7-10H2,1-2H3,(H,16,18). The number of amides is 2. The molecule has 1 aromatic carbocycles.